The zero-order valence-corrected chi connectivity index (χ0v) is 11.4. The van der Waals surface area contributed by atoms with Crippen LogP contribution in [0.5, 0.6) is 0 Å². The summed E-state index contributed by atoms with van der Waals surface area (Å²) in [7, 11) is 1.79. The van der Waals surface area contributed by atoms with E-state index in [2.05, 4.69) is 20.3 Å². The number of rotatable bonds is 4. The van der Waals surface area contributed by atoms with E-state index in [0.29, 0.717) is 11.5 Å². The molecule has 2 aromatic rings. The summed E-state index contributed by atoms with van der Waals surface area (Å²) in [5, 5.41) is 2.91. The lowest BCUT2D eigenvalue weighted by Gasteiger charge is -2.06. The molecule has 1 N–H and O–H groups in total. The van der Waals surface area contributed by atoms with Gasteiger partial charge < -0.3 is 5.32 Å². The van der Waals surface area contributed by atoms with Gasteiger partial charge in [0.1, 0.15) is 5.71 Å². The maximum atomic E-state index is 5.11. The lowest BCUT2D eigenvalue weighted by molar-refractivity contribution is 1.13. The van der Waals surface area contributed by atoms with Crippen molar-refractivity contribution in [2.45, 2.75) is 0 Å². The van der Waals surface area contributed by atoms with E-state index in [1.807, 2.05) is 36.4 Å². The maximum Gasteiger partial charge on any atom is 0.109 e. The molecule has 0 bridgehead atoms. The van der Waals surface area contributed by atoms with Crippen LogP contribution < -0.4 is 5.32 Å². The number of thiocarbonyl (C=S) groups is 1. The Bertz CT molecular complexity index is 525. The molecule has 0 aliphatic carbocycles. The Morgan fingerprint density at radius 2 is 1.68 bits per heavy atom. The van der Waals surface area contributed by atoms with Crippen LogP contribution in [-0.4, -0.2) is 34.3 Å². The van der Waals surface area contributed by atoms with Crippen molar-refractivity contribution in [3.63, 3.8) is 0 Å². The highest BCUT2D eigenvalue weighted by atomic mass is 32.1. The summed E-state index contributed by atoms with van der Waals surface area (Å²) < 4.78 is 0. The van der Waals surface area contributed by atoms with Crippen LogP contribution in [0.4, 0.5) is 0 Å². The topological polar surface area (TPSA) is 50.2 Å². The molecule has 0 saturated heterocycles. The van der Waals surface area contributed by atoms with Crippen molar-refractivity contribution in [1.29, 1.82) is 0 Å². The Hall–Kier alpha value is -2.14. The van der Waals surface area contributed by atoms with Crippen molar-refractivity contribution in [3.8, 4) is 0 Å². The van der Waals surface area contributed by atoms with Gasteiger partial charge in [-0.05, 0) is 24.3 Å². The first-order chi connectivity index (χ1) is 9.31. The van der Waals surface area contributed by atoms with Crippen LogP contribution in [0.15, 0.2) is 53.8 Å². The lowest BCUT2D eigenvalue weighted by Crippen LogP contribution is -2.20. The van der Waals surface area contributed by atoms with Crippen molar-refractivity contribution in [2.24, 2.45) is 4.99 Å². The maximum absolute atomic E-state index is 5.11. The number of nitrogens with one attached hydrogen (secondary N) is 1. The van der Waals surface area contributed by atoms with E-state index in [1.54, 1.807) is 19.4 Å². The van der Waals surface area contributed by atoms with Gasteiger partial charge in [0.15, 0.2) is 0 Å². The van der Waals surface area contributed by atoms with E-state index in [1.165, 1.54) is 0 Å². The van der Waals surface area contributed by atoms with Crippen LogP contribution in [0.25, 0.3) is 0 Å². The van der Waals surface area contributed by atoms with E-state index >= 15 is 0 Å². The number of pyridine rings is 2. The van der Waals surface area contributed by atoms with Gasteiger partial charge in [-0.2, -0.15) is 0 Å². The Morgan fingerprint density at radius 1 is 1.11 bits per heavy atom. The molecule has 19 heavy (non-hydrogen) atoms. The second-order valence-electron chi connectivity index (χ2n) is 3.77. The molecular weight excluding hydrogens is 256 g/mol. The molecule has 0 spiro atoms. The minimum Gasteiger partial charge on any atom is -0.381 e. The van der Waals surface area contributed by atoms with Crippen molar-refractivity contribution in [1.82, 2.24) is 15.3 Å². The van der Waals surface area contributed by atoms with Crippen molar-refractivity contribution in [3.05, 3.63) is 60.2 Å². The smallest absolute Gasteiger partial charge is 0.109 e. The molecule has 2 heterocycles. The van der Waals surface area contributed by atoms with Gasteiger partial charge in [-0.15, -0.1) is 0 Å². The second-order valence-corrected chi connectivity index (χ2v) is 4.26. The fraction of sp³-hybridized carbons (Fsp3) is 0.143. The van der Waals surface area contributed by atoms with Crippen LogP contribution >= 0.6 is 12.2 Å². The van der Waals surface area contributed by atoms with E-state index in [4.69, 9.17) is 12.2 Å². The first-order valence-corrected chi connectivity index (χ1v) is 6.30. The van der Waals surface area contributed by atoms with E-state index in [9.17, 15) is 0 Å². The number of aliphatic imine (C=N–C) groups is 1. The SMILES string of the molecule is CNC(=S)CN=C(c1ccccn1)c1ccccn1. The van der Waals surface area contributed by atoms with Crippen LogP contribution in [0.1, 0.15) is 11.4 Å². The van der Waals surface area contributed by atoms with Crippen LogP contribution in [-0.2, 0) is 0 Å². The zero-order chi connectivity index (χ0) is 13.5. The molecule has 0 atom stereocenters. The number of aromatic nitrogens is 2. The minimum absolute atomic E-state index is 0.425. The highest BCUT2D eigenvalue weighted by Gasteiger charge is 2.08. The number of nitrogens with zero attached hydrogens (tertiary/aromatic N) is 3. The predicted octanol–water partition coefficient (Wildman–Crippen LogP) is 1.86. The van der Waals surface area contributed by atoms with Gasteiger partial charge in [0.05, 0.1) is 22.9 Å². The standard InChI is InChI=1S/C14H14N4S/c1-15-13(19)10-18-14(11-6-2-4-8-16-11)12-7-3-5-9-17-12/h2-9H,10H2,1H3,(H,15,19). The Kier molecular flexibility index (Phi) is 4.69. The molecular formula is C14H14N4S. The highest BCUT2D eigenvalue weighted by Crippen LogP contribution is 2.06. The Balaban J connectivity index is 2.37. The molecule has 2 rings (SSSR count). The molecule has 0 radical (unpaired) electrons. The van der Waals surface area contributed by atoms with Crippen LogP contribution in [0.3, 0.4) is 0 Å². The van der Waals surface area contributed by atoms with Gasteiger partial charge in [0.25, 0.3) is 0 Å². The third-order valence-electron chi connectivity index (χ3n) is 2.47. The lowest BCUT2D eigenvalue weighted by atomic mass is 10.1. The van der Waals surface area contributed by atoms with Crippen molar-refractivity contribution < 1.29 is 0 Å². The average molecular weight is 270 g/mol. The summed E-state index contributed by atoms with van der Waals surface area (Å²) in [5.41, 5.74) is 2.33. The van der Waals surface area contributed by atoms with Gasteiger partial charge in [0.2, 0.25) is 0 Å². The van der Waals surface area contributed by atoms with Gasteiger partial charge in [-0.3, -0.25) is 15.0 Å². The van der Waals surface area contributed by atoms with Crippen molar-refractivity contribution in [2.75, 3.05) is 13.6 Å². The molecule has 0 aliphatic rings. The number of hydrogen-bond acceptors (Lipinski definition) is 4. The molecule has 0 saturated carbocycles. The van der Waals surface area contributed by atoms with E-state index in [-0.39, 0.29) is 0 Å². The second kappa shape index (κ2) is 6.70. The quantitative estimate of drug-likeness (QED) is 0.680. The molecule has 0 unspecified atom stereocenters. The van der Waals surface area contributed by atoms with Gasteiger partial charge in [-0.1, -0.05) is 24.4 Å². The molecule has 0 amide bonds. The first kappa shape index (κ1) is 13.3. The van der Waals surface area contributed by atoms with Gasteiger partial charge >= 0.3 is 0 Å². The minimum atomic E-state index is 0.425. The summed E-state index contributed by atoms with van der Waals surface area (Å²) in [6, 6.07) is 11.4. The molecule has 5 heteroatoms. The van der Waals surface area contributed by atoms with Crippen LogP contribution in [0, 0.1) is 0 Å². The average Bonchev–Trinajstić information content (AvgIpc) is 2.49. The van der Waals surface area contributed by atoms with Gasteiger partial charge in [0, 0.05) is 19.4 Å². The summed E-state index contributed by atoms with van der Waals surface area (Å²) in [6.07, 6.45) is 3.48. The highest BCUT2D eigenvalue weighted by molar-refractivity contribution is 7.80. The molecule has 2 aromatic heterocycles. The summed E-state index contributed by atoms with van der Waals surface area (Å²) in [6.45, 7) is 0.425. The third kappa shape index (κ3) is 3.66. The predicted molar refractivity (Wildman–Crippen MR) is 80.6 cm³/mol. The third-order valence-corrected chi connectivity index (χ3v) is 2.81. The Labute approximate surface area is 117 Å². The summed E-state index contributed by atoms with van der Waals surface area (Å²) in [4.78, 5) is 13.9. The molecule has 0 aromatic carbocycles. The van der Waals surface area contributed by atoms with E-state index < -0.39 is 0 Å². The molecule has 4 nitrogen and oxygen atoms in total. The molecule has 0 aliphatic heterocycles. The normalized spacial score (nSPS) is 9.74. The fourth-order valence-electron chi connectivity index (χ4n) is 1.53. The number of hydrogen-bond donors (Lipinski definition) is 1. The van der Waals surface area contributed by atoms with E-state index in [0.717, 1.165) is 17.1 Å². The molecule has 0 fully saturated rings. The fourth-order valence-corrected chi connectivity index (χ4v) is 1.59. The summed E-state index contributed by atoms with van der Waals surface area (Å²) >= 11 is 5.11. The monoisotopic (exact) mass is 270 g/mol. The van der Waals surface area contributed by atoms with Crippen molar-refractivity contribution >= 4 is 22.9 Å². The Morgan fingerprint density at radius 3 is 2.11 bits per heavy atom. The largest absolute Gasteiger partial charge is 0.381 e. The van der Waals surface area contributed by atoms with Gasteiger partial charge in [-0.25, -0.2) is 0 Å². The molecule has 96 valence electrons. The van der Waals surface area contributed by atoms with Crippen LogP contribution in [0.2, 0.25) is 0 Å². The zero-order valence-electron chi connectivity index (χ0n) is 10.6. The first-order valence-electron chi connectivity index (χ1n) is 5.89. The number of likely N-dealkylation sites (N-methyl/N-ethyl adjacent to an activating group) is 1. The summed E-state index contributed by atoms with van der Waals surface area (Å²) in [5.74, 6) is 0.